The van der Waals surface area contributed by atoms with E-state index in [9.17, 15) is 18.0 Å². The number of nitrogens with zero attached hydrogens (tertiary/aromatic N) is 5. The van der Waals surface area contributed by atoms with E-state index in [1.54, 1.807) is 6.07 Å². The van der Waals surface area contributed by atoms with Gasteiger partial charge in [0.05, 0.1) is 22.5 Å². The predicted molar refractivity (Wildman–Crippen MR) is 157 cm³/mol. The molecule has 6 nitrogen and oxygen atoms in total. The second kappa shape index (κ2) is 11.7. The largest absolute Gasteiger partial charge is 0.417 e. The molecule has 2 saturated heterocycles. The lowest BCUT2D eigenvalue weighted by Crippen LogP contribution is -2.58. The van der Waals surface area contributed by atoms with Crippen molar-refractivity contribution in [3.63, 3.8) is 0 Å². The van der Waals surface area contributed by atoms with Crippen molar-refractivity contribution in [2.24, 2.45) is 0 Å². The number of hydrogen-bond acceptors (Lipinski definition) is 5. The van der Waals surface area contributed by atoms with Crippen LogP contribution in [0, 0.1) is 13.8 Å². The molecule has 0 saturated carbocycles. The molecule has 2 aliphatic rings. The van der Waals surface area contributed by atoms with Gasteiger partial charge in [0.2, 0.25) is 0 Å². The molecular formula is C31H35BrF3N5O. The number of rotatable bonds is 5. The predicted octanol–water partition coefficient (Wildman–Crippen LogP) is 7.17. The zero-order valence-electron chi connectivity index (χ0n) is 23.6. The summed E-state index contributed by atoms with van der Waals surface area (Å²) in [7, 11) is 0. The molecule has 10 heteroatoms. The first-order valence-corrected chi connectivity index (χ1v) is 14.8. The van der Waals surface area contributed by atoms with Gasteiger partial charge in [-0.1, -0.05) is 34.1 Å². The van der Waals surface area contributed by atoms with E-state index in [2.05, 4.69) is 42.6 Å². The Bertz CT molecular complexity index is 1360. The smallest absolute Gasteiger partial charge is 0.338 e. The molecule has 0 spiro atoms. The number of halogens is 4. The van der Waals surface area contributed by atoms with Gasteiger partial charge in [-0.3, -0.25) is 9.69 Å². The zero-order chi connectivity index (χ0) is 29.4. The van der Waals surface area contributed by atoms with Crippen LogP contribution in [0.5, 0.6) is 0 Å². The molecule has 0 unspecified atom stereocenters. The molecule has 3 heterocycles. The molecule has 2 aromatic carbocycles. The molecular weight excluding hydrogens is 595 g/mol. The van der Waals surface area contributed by atoms with Crippen molar-refractivity contribution in [2.45, 2.75) is 64.2 Å². The Hall–Kier alpha value is -2.98. The first-order chi connectivity index (χ1) is 19.5. The topological polar surface area (TPSA) is 52.6 Å². The van der Waals surface area contributed by atoms with E-state index < -0.39 is 11.7 Å². The highest BCUT2D eigenvalue weighted by atomic mass is 79.9. The standard InChI is InChI=1S/C31H35BrF3N5O/c1-21-28(22(2)37-20-36-21)29(41)38-17-13-30(3,14-18-38)39-15-11-24(12-16-39)40(23-7-5-4-6-8-23)25-9-10-27(32)26(19-25)31(33,34)35/h4-10,19-20,24H,11-18H2,1-3H3. The first kappa shape index (κ1) is 29.5. The summed E-state index contributed by atoms with van der Waals surface area (Å²) in [5.74, 6) is -0.00687. The number of benzene rings is 2. The summed E-state index contributed by atoms with van der Waals surface area (Å²) in [6, 6.07) is 14.2. The highest BCUT2D eigenvalue weighted by Gasteiger charge is 2.40. The molecule has 1 aromatic heterocycles. The summed E-state index contributed by atoms with van der Waals surface area (Å²) in [5, 5.41) is 0. The van der Waals surface area contributed by atoms with Gasteiger partial charge in [-0.25, -0.2) is 9.97 Å². The van der Waals surface area contributed by atoms with Gasteiger partial charge in [0.25, 0.3) is 5.91 Å². The maximum atomic E-state index is 13.8. The van der Waals surface area contributed by atoms with Crippen LogP contribution in [0.15, 0.2) is 59.3 Å². The van der Waals surface area contributed by atoms with Crippen LogP contribution in [0.2, 0.25) is 0 Å². The number of piperidine rings is 2. The van der Waals surface area contributed by atoms with Crippen LogP contribution in [0.4, 0.5) is 24.5 Å². The third-order valence-corrected chi connectivity index (χ3v) is 9.42. The van der Waals surface area contributed by atoms with Crippen molar-refractivity contribution in [1.29, 1.82) is 0 Å². The fourth-order valence-corrected chi connectivity index (χ4v) is 6.74. The molecule has 0 bridgehead atoms. The number of alkyl halides is 3. The van der Waals surface area contributed by atoms with Gasteiger partial charge in [-0.15, -0.1) is 0 Å². The summed E-state index contributed by atoms with van der Waals surface area (Å²) in [4.78, 5) is 28.2. The SMILES string of the molecule is Cc1ncnc(C)c1C(=O)N1CCC(C)(N2CCC(N(c3ccccc3)c3ccc(Br)c(C(F)(F)F)c3)CC2)CC1. The van der Waals surface area contributed by atoms with Gasteiger partial charge >= 0.3 is 6.18 Å². The van der Waals surface area contributed by atoms with Gasteiger partial charge in [0.1, 0.15) is 6.33 Å². The number of likely N-dealkylation sites (tertiary alicyclic amines) is 2. The van der Waals surface area contributed by atoms with Crippen molar-refractivity contribution in [3.05, 3.63) is 81.8 Å². The van der Waals surface area contributed by atoms with Crippen molar-refractivity contribution in [1.82, 2.24) is 19.8 Å². The van der Waals surface area contributed by atoms with E-state index in [0.29, 0.717) is 35.7 Å². The molecule has 3 aromatic rings. The summed E-state index contributed by atoms with van der Waals surface area (Å²) < 4.78 is 41.3. The number of amides is 1. The molecule has 2 fully saturated rings. The van der Waals surface area contributed by atoms with E-state index in [1.165, 1.54) is 18.5 Å². The Balaban J connectivity index is 1.29. The Morgan fingerprint density at radius 2 is 1.56 bits per heavy atom. The molecule has 41 heavy (non-hydrogen) atoms. The van der Waals surface area contributed by atoms with E-state index in [1.807, 2.05) is 49.1 Å². The van der Waals surface area contributed by atoms with Gasteiger partial charge in [0, 0.05) is 53.6 Å². The van der Waals surface area contributed by atoms with Crippen LogP contribution in [-0.2, 0) is 6.18 Å². The maximum Gasteiger partial charge on any atom is 0.417 e. The highest BCUT2D eigenvalue weighted by Crippen LogP contribution is 2.41. The van der Waals surface area contributed by atoms with Gasteiger partial charge in [-0.2, -0.15) is 13.2 Å². The Labute approximate surface area is 247 Å². The van der Waals surface area contributed by atoms with Crippen LogP contribution < -0.4 is 4.90 Å². The Kier molecular flexibility index (Phi) is 8.43. The summed E-state index contributed by atoms with van der Waals surface area (Å²) in [6.45, 7) is 8.97. The number of aryl methyl sites for hydroxylation is 2. The van der Waals surface area contributed by atoms with Gasteiger partial charge < -0.3 is 9.80 Å². The van der Waals surface area contributed by atoms with Gasteiger partial charge in [0.15, 0.2) is 0 Å². The van der Waals surface area contributed by atoms with Crippen molar-refractivity contribution in [2.75, 3.05) is 31.1 Å². The Morgan fingerprint density at radius 1 is 0.951 bits per heavy atom. The van der Waals surface area contributed by atoms with Crippen molar-refractivity contribution in [3.8, 4) is 0 Å². The molecule has 0 atom stereocenters. The van der Waals surface area contributed by atoms with E-state index in [4.69, 9.17) is 0 Å². The minimum Gasteiger partial charge on any atom is -0.338 e. The second-order valence-corrected chi connectivity index (χ2v) is 12.1. The number of aromatic nitrogens is 2. The molecule has 5 rings (SSSR count). The maximum absolute atomic E-state index is 13.8. The highest BCUT2D eigenvalue weighted by molar-refractivity contribution is 9.10. The van der Waals surface area contributed by atoms with Crippen molar-refractivity contribution < 1.29 is 18.0 Å². The van der Waals surface area contributed by atoms with Crippen LogP contribution in [-0.4, -0.2) is 63.4 Å². The molecule has 2 aliphatic heterocycles. The molecule has 218 valence electrons. The number of carbonyl (C=O) groups excluding carboxylic acids is 1. The van der Waals surface area contributed by atoms with Crippen LogP contribution in [0.3, 0.4) is 0 Å². The van der Waals surface area contributed by atoms with E-state index in [0.717, 1.165) is 44.5 Å². The first-order valence-electron chi connectivity index (χ1n) is 14.0. The lowest BCUT2D eigenvalue weighted by atomic mass is 9.85. The number of carbonyl (C=O) groups is 1. The molecule has 0 radical (unpaired) electrons. The fourth-order valence-electron chi connectivity index (χ4n) is 6.27. The third kappa shape index (κ3) is 6.14. The Morgan fingerprint density at radius 3 is 2.15 bits per heavy atom. The average Bonchev–Trinajstić information content (AvgIpc) is 2.94. The van der Waals surface area contributed by atoms with E-state index >= 15 is 0 Å². The molecule has 1 amide bonds. The van der Waals surface area contributed by atoms with Crippen LogP contribution in [0.1, 0.15) is 59.9 Å². The van der Waals surface area contributed by atoms with Crippen molar-refractivity contribution >= 4 is 33.2 Å². The number of anilines is 2. The lowest BCUT2D eigenvalue weighted by Gasteiger charge is -2.50. The summed E-state index contributed by atoms with van der Waals surface area (Å²) in [5.41, 5.74) is 2.71. The quantitative estimate of drug-likeness (QED) is 0.299. The number of para-hydroxylation sites is 1. The lowest BCUT2D eigenvalue weighted by molar-refractivity contribution is -0.138. The average molecular weight is 631 g/mol. The summed E-state index contributed by atoms with van der Waals surface area (Å²) >= 11 is 3.08. The summed E-state index contributed by atoms with van der Waals surface area (Å²) in [6.07, 6.45) is 0.409. The molecule has 0 aliphatic carbocycles. The number of hydrogen-bond donors (Lipinski definition) is 0. The van der Waals surface area contributed by atoms with Gasteiger partial charge in [-0.05, 0) is 76.8 Å². The van der Waals surface area contributed by atoms with E-state index in [-0.39, 0.29) is 22.0 Å². The van der Waals surface area contributed by atoms with Crippen LogP contribution in [0.25, 0.3) is 0 Å². The third-order valence-electron chi connectivity index (χ3n) is 8.73. The minimum absolute atomic E-state index is 0.00687. The molecule has 0 N–H and O–H groups in total. The monoisotopic (exact) mass is 629 g/mol. The van der Waals surface area contributed by atoms with Crippen LogP contribution >= 0.6 is 15.9 Å². The minimum atomic E-state index is -4.45. The fraction of sp³-hybridized carbons (Fsp3) is 0.452. The second-order valence-electron chi connectivity index (χ2n) is 11.3. The normalized spacial score (nSPS) is 18.4. The zero-order valence-corrected chi connectivity index (χ0v) is 25.2.